The molecule has 6 nitrogen and oxygen atoms in total. The normalized spacial score (nSPS) is 11.2. The van der Waals surface area contributed by atoms with Crippen LogP contribution in [0.15, 0.2) is 67.0 Å². The molecule has 0 aliphatic rings. The molecule has 0 saturated heterocycles. The van der Waals surface area contributed by atoms with Crippen LogP contribution < -0.4 is 10.1 Å². The maximum absolute atomic E-state index is 5.45. The third kappa shape index (κ3) is 4.28. The molecule has 0 fully saturated rings. The minimum absolute atomic E-state index is 0.650. The van der Waals surface area contributed by atoms with E-state index in [2.05, 4.69) is 77.0 Å². The van der Waals surface area contributed by atoms with Crippen LogP contribution in [0.3, 0.4) is 0 Å². The second kappa shape index (κ2) is 8.97. The van der Waals surface area contributed by atoms with Gasteiger partial charge in [-0.15, -0.1) is 10.2 Å². The van der Waals surface area contributed by atoms with Gasteiger partial charge < -0.3 is 15.0 Å². The Bertz CT molecular complexity index is 1120. The molecule has 4 rings (SSSR count). The number of fused-ring (bicyclic) bond motifs is 1. The van der Waals surface area contributed by atoms with E-state index < -0.39 is 0 Å². The summed E-state index contributed by atoms with van der Waals surface area (Å²) >= 11 is 0. The van der Waals surface area contributed by atoms with Crippen LogP contribution in [0.25, 0.3) is 16.8 Å². The number of nitrogens with one attached hydrogen (secondary N) is 1. The molecular formula is C24H27N5O. The first-order valence-electron chi connectivity index (χ1n) is 10.1. The summed E-state index contributed by atoms with van der Waals surface area (Å²) < 4.78 is 7.44. The summed E-state index contributed by atoms with van der Waals surface area (Å²) in [5, 5.41) is 12.0. The lowest BCUT2D eigenvalue weighted by Crippen LogP contribution is -2.14. The van der Waals surface area contributed by atoms with Gasteiger partial charge in [0.15, 0.2) is 5.65 Å². The molecule has 1 N–H and O–H groups in total. The smallest absolute Gasteiger partial charge is 0.170 e. The number of methoxy groups -OCH3 is 1. The lowest BCUT2D eigenvalue weighted by atomic mass is 10.0. The van der Waals surface area contributed by atoms with Gasteiger partial charge in [0.1, 0.15) is 17.9 Å². The van der Waals surface area contributed by atoms with E-state index in [4.69, 9.17) is 4.74 Å². The summed E-state index contributed by atoms with van der Waals surface area (Å²) in [5.74, 6) is 1.81. The van der Waals surface area contributed by atoms with Crippen molar-refractivity contribution in [3.05, 3.63) is 78.1 Å². The Labute approximate surface area is 177 Å². The van der Waals surface area contributed by atoms with Crippen LogP contribution in [0.2, 0.25) is 0 Å². The highest BCUT2D eigenvalue weighted by atomic mass is 16.5. The van der Waals surface area contributed by atoms with E-state index in [1.54, 1.807) is 13.4 Å². The number of anilines is 1. The molecule has 0 radical (unpaired) electrons. The number of aromatic nitrogens is 3. The standard InChI is InChI=1S/C24H27N5O/c1-28(2)15-14-18-8-10-19(11-9-18)21-12-13-23(29-17-26-27-24(21)29)25-16-20-6-4-5-7-22(20)30-3/h4-13,17,25H,14-16H2,1-3H3. The maximum atomic E-state index is 5.45. The zero-order valence-electron chi connectivity index (χ0n) is 17.7. The number of rotatable bonds is 8. The summed E-state index contributed by atoms with van der Waals surface area (Å²) in [7, 11) is 5.89. The van der Waals surface area contributed by atoms with Crippen molar-refractivity contribution in [2.75, 3.05) is 33.1 Å². The fourth-order valence-electron chi connectivity index (χ4n) is 3.52. The highest BCUT2D eigenvalue weighted by molar-refractivity contribution is 5.79. The van der Waals surface area contributed by atoms with Gasteiger partial charge in [0.25, 0.3) is 0 Å². The monoisotopic (exact) mass is 401 g/mol. The second-order valence-corrected chi connectivity index (χ2v) is 7.57. The number of hydrogen-bond donors (Lipinski definition) is 1. The molecule has 4 aromatic rings. The number of para-hydroxylation sites is 1. The van der Waals surface area contributed by atoms with Gasteiger partial charge in [-0.1, -0.05) is 42.5 Å². The molecule has 154 valence electrons. The third-order valence-corrected chi connectivity index (χ3v) is 5.22. The molecule has 0 atom stereocenters. The molecular weight excluding hydrogens is 374 g/mol. The Morgan fingerprint density at radius 1 is 1.00 bits per heavy atom. The molecule has 0 amide bonds. The molecule has 6 heteroatoms. The predicted octanol–water partition coefficient (Wildman–Crippen LogP) is 4.12. The van der Waals surface area contributed by atoms with Crippen LogP contribution in [-0.4, -0.2) is 47.2 Å². The van der Waals surface area contributed by atoms with Crippen LogP contribution in [0.5, 0.6) is 5.75 Å². The van der Waals surface area contributed by atoms with E-state index in [9.17, 15) is 0 Å². The number of benzene rings is 2. The molecule has 0 saturated carbocycles. The van der Waals surface area contributed by atoms with Crippen LogP contribution >= 0.6 is 0 Å². The van der Waals surface area contributed by atoms with E-state index in [1.165, 1.54) is 5.56 Å². The molecule has 2 heterocycles. The highest BCUT2D eigenvalue weighted by Gasteiger charge is 2.11. The molecule has 0 aliphatic heterocycles. The first-order chi connectivity index (χ1) is 14.7. The minimum atomic E-state index is 0.650. The quantitative estimate of drug-likeness (QED) is 0.481. The number of pyridine rings is 1. The number of hydrogen-bond acceptors (Lipinski definition) is 5. The fraction of sp³-hybridized carbons (Fsp3) is 0.250. The summed E-state index contributed by atoms with van der Waals surface area (Å²) in [4.78, 5) is 2.20. The van der Waals surface area contributed by atoms with Crippen LogP contribution in [0.1, 0.15) is 11.1 Å². The van der Waals surface area contributed by atoms with Gasteiger partial charge in [-0.3, -0.25) is 4.40 Å². The molecule has 2 aromatic heterocycles. The van der Waals surface area contributed by atoms with Crippen molar-refractivity contribution >= 4 is 11.5 Å². The summed E-state index contributed by atoms with van der Waals surface area (Å²) in [6, 6.07) is 20.9. The molecule has 2 aromatic carbocycles. The number of nitrogens with zero attached hydrogens (tertiary/aromatic N) is 4. The van der Waals surface area contributed by atoms with E-state index in [0.717, 1.165) is 46.9 Å². The van der Waals surface area contributed by atoms with Crippen LogP contribution in [0.4, 0.5) is 5.82 Å². The first-order valence-corrected chi connectivity index (χ1v) is 10.1. The molecule has 0 spiro atoms. The van der Waals surface area contributed by atoms with E-state index in [-0.39, 0.29) is 0 Å². The zero-order chi connectivity index (χ0) is 20.9. The van der Waals surface area contributed by atoms with E-state index in [0.29, 0.717) is 6.54 Å². The molecule has 30 heavy (non-hydrogen) atoms. The Hall–Kier alpha value is -3.38. The highest BCUT2D eigenvalue weighted by Crippen LogP contribution is 2.27. The van der Waals surface area contributed by atoms with Gasteiger partial charge in [0.05, 0.1) is 7.11 Å². The van der Waals surface area contributed by atoms with Gasteiger partial charge in [-0.2, -0.15) is 0 Å². The van der Waals surface area contributed by atoms with Crippen molar-refractivity contribution in [3.63, 3.8) is 0 Å². The zero-order valence-corrected chi connectivity index (χ0v) is 17.7. The largest absolute Gasteiger partial charge is 0.496 e. The van der Waals surface area contributed by atoms with Crippen LogP contribution in [-0.2, 0) is 13.0 Å². The SMILES string of the molecule is COc1ccccc1CNc1ccc(-c2ccc(CCN(C)C)cc2)c2nncn12. The summed E-state index contributed by atoms with van der Waals surface area (Å²) in [6.07, 6.45) is 2.79. The van der Waals surface area contributed by atoms with Crippen molar-refractivity contribution < 1.29 is 4.74 Å². The van der Waals surface area contributed by atoms with Crippen molar-refractivity contribution in [1.29, 1.82) is 0 Å². The van der Waals surface area contributed by atoms with Crippen molar-refractivity contribution in [1.82, 2.24) is 19.5 Å². The molecule has 0 bridgehead atoms. The van der Waals surface area contributed by atoms with Gasteiger partial charge in [-0.25, -0.2) is 0 Å². The van der Waals surface area contributed by atoms with Crippen LogP contribution in [0, 0.1) is 0 Å². The lowest BCUT2D eigenvalue weighted by Gasteiger charge is -2.13. The van der Waals surface area contributed by atoms with Gasteiger partial charge >= 0.3 is 0 Å². The van der Waals surface area contributed by atoms with Crippen molar-refractivity contribution in [2.24, 2.45) is 0 Å². The average molecular weight is 402 g/mol. The van der Waals surface area contributed by atoms with E-state index >= 15 is 0 Å². The van der Waals surface area contributed by atoms with Gasteiger partial charge in [-0.05, 0) is 49.8 Å². The fourth-order valence-corrected chi connectivity index (χ4v) is 3.52. The van der Waals surface area contributed by atoms with E-state index in [1.807, 2.05) is 22.6 Å². The van der Waals surface area contributed by atoms with Crippen molar-refractivity contribution in [3.8, 4) is 16.9 Å². The predicted molar refractivity (Wildman–Crippen MR) is 121 cm³/mol. The lowest BCUT2D eigenvalue weighted by molar-refractivity contribution is 0.410. The Balaban J connectivity index is 1.57. The average Bonchev–Trinajstić information content (AvgIpc) is 3.27. The molecule has 0 aliphatic carbocycles. The number of ether oxygens (including phenoxy) is 1. The maximum Gasteiger partial charge on any atom is 0.170 e. The number of likely N-dealkylation sites (N-methyl/N-ethyl adjacent to an activating group) is 1. The Morgan fingerprint density at radius 2 is 1.80 bits per heavy atom. The topological polar surface area (TPSA) is 54.7 Å². The van der Waals surface area contributed by atoms with Gasteiger partial charge in [0.2, 0.25) is 0 Å². The third-order valence-electron chi connectivity index (χ3n) is 5.22. The summed E-state index contributed by atoms with van der Waals surface area (Å²) in [5.41, 5.74) is 5.46. The summed E-state index contributed by atoms with van der Waals surface area (Å²) in [6.45, 7) is 1.69. The van der Waals surface area contributed by atoms with Gasteiger partial charge in [0, 0.05) is 24.2 Å². The van der Waals surface area contributed by atoms with Crippen molar-refractivity contribution in [2.45, 2.75) is 13.0 Å². The Morgan fingerprint density at radius 3 is 2.57 bits per heavy atom. The Kier molecular flexibility index (Phi) is 5.95. The second-order valence-electron chi connectivity index (χ2n) is 7.57. The molecule has 0 unspecified atom stereocenters. The first kappa shape index (κ1) is 19.9. The minimum Gasteiger partial charge on any atom is -0.496 e.